The van der Waals surface area contributed by atoms with Crippen LogP contribution in [0.1, 0.15) is 27.0 Å². The summed E-state index contributed by atoms with van der Waals surface area (Å²) >= 11 is 0. The third-order valence-electron chi connectivity index (χ3n) is 3.91. The van der Waals surface area contributed by atoms with Crippen molar-refractivity contribution in [2.45, 2.75) is 19.3 Å². The molecule has 3 rings (SSSR count). The Bertz CT molecular complexity index is 936. The van der Waals surface area contributed by atoms with Crippen molar-refractivity contribution >= 4 is 5.91 Å². The highest BCUT2D eigenvalue weighted by atomic mass is 19.4. The van der Waals surface area contributed by atoms with Gasteiger partial charge in [0.1, 0.15) is 5.82 Å². The van der Waals surface area contributed by atoms with Crippen molar-refractivity contribution in [2.75, 3.05) is 0 Å². The Labute approximate surface area is 152 Å². The summed E-state index contributed by atoms with van der Waals surface area (Å²) in [6.07, 6.45) is -1.22. The maximum Gasteiger partial charge on any atom is 0.416 e. The summed E-state index contributed by atoms with van der Waals surface area (Å²) in [4.78, 5) is 12.3. The molecule has 0 unspecified atom stereocenters. The number of aromatic nitrogens is 2. The van der Waals surface area contributed by atoms with Gasteiger partial charge in [0.15, 0.2) is 0 Å². The van der Waals surface area contributed by atoms with E-state index < -0.39 is 30.0 Å². The van der Waals surface area contributed by atoms with Crippen LogP contribution in [0.25, 0.3) is 0 Å². The quantitative estimate of drug-likeness (QED) is 0.683. The van der Waals surface area contributed by atoms with Crippen LogP contribution in [0.4, 0.5) is 17.6 Å². The molecule has 0 aliphatic carbocycles. The number of alkyl halides is 3. The second-order valence-corrected chi connectivity index (χ2v) is 5.89. The number of amides is 1. The number of rotatable bonds is 5. The molecule has 4 nitrogen and oxygen atoms in total. The Kier molecular flexibility index (Phi) is 5.25. The minimum absolute atomic E-state index is 0.296. The molecule has 0 aliphatic heterocycles. The smallest absolute Gasteiger partial charge is 0.348 e. The van der Waals surface area contributed by atoms with Gasteiger partial charge in [0.25, 0.3) is 5.91 Å². The van der Waals surface area contributed by atoms with Gasteiger partial charge in [0.05, 0.1) is 12.1 Å². The molecule has 0 radical (unpaired) electrons. The van der Waals surface area contributed by atoms with Crippen LogP contribution >= 0.6 is 0 Å². The van der Waals surface area contributed by atoms with E-state index >= 15 is 0 Å². The predicted octanol–water partition coefficient (Wildman–Crippen LogP) is 4.02. The fourth-order valence-corrected chi connectivity index (χ4v) is 2.65. The van der Waals surface area contributed by atoms with Crippen molar-refractivity contribution in [3.05, 3.63) is 89.0 Å². The van der Waals surface area contributed by atoms with E-state index in [2.05, 4.69) is 10.4 Å². The van der Waals surface area contributed by atoms with Crippen molar-refractivity contribution < 1.29 is 22.4 Å². The predicted molar refractivity (Wildman–Crippen MR) is 90.3 cm³/mol. The van der Waals surface area contributed by atoms with Crippen LogP contribution < -0.4 is 5.32 Å². The maximum absolute atomic E-state index is 13.3. The number of nitrogens with zero attached hydrogens (tertiary/aromatic N) is 2. The third-order valence-corrected chi connectivity index (χ3v) is 3.91. The topological polar surface area (TPSA) is 46.9 Å². The molecule has 27 heavy (non-hydrogen) atoms. The molecule has 140 valence electrons. The molecule has 0 saturated heterocycles. The fourth-order valence-electron chi connectivity index (χ4n) is 2.65. The number of halogens is 4. The van der Waals surface area contributed by atoms with Gasteiger partial charge in [-0.15, -0.1) is 0 Å². The highest BCUT2D eigenvalue weighted by Crippen LogP contribution is 2.32. The Balaban J connectivity index is 1.72. The van der Waals surface area contributed by atoms with Crippen molar-refractivity contribution in [1.82, 2.24) is 15.1 Å². The summed E-state index contributed by atoms with van der Waals surface area (Å²) in [5, 5.41) is 6.49. The molecular formula is C19H15F4N3O. The van der Waals surface area contributed by atoms with E-state index in [0.717, 1.165) is 17.7 Å². The lowest BCUT2D eigenvalue weighted by molar-refractivity contribution is -0.138. The van der Waals surface area contributed by atoms with E-state index in [0.29, 0.717) is 18.2 Å². The zero-order valence-corrected chi connectivity index (χ0v) is 14.0. The van der Waals surface area contributed by atoms with E-state index in [1.807, 2.05) is 6.07 Å². The molecular weight excluding hydrogens is 362 g/mol. The average Bonchev–Trinajstić information content (AvgIpc) is 3.12. The standard InChI is InChI=1S/C19H15F4N3O/c20-16-5-6-17(19(21,22)23)15(10-16)11-24-18(27)14-4-1-3-13(9-14)12-26-8-2-7-25-26/h1-10H,11-12H2,(H,24,27). The van der Waals surface area contributed by atoms with Gasteiger partial charge in [0.2, 0.25) is 0 Å². The van der Waals surface area contributed by atoms with Gasteiger partial charge in [-0.05, 0) is 47.5 Å². The summed E-state index contributed by atoms with van der Waals surface area (Å²) in [6.45, 7) is 0.0189. The van der Waals surface area contributed by atoms with Crippen molar-refractivity contribution in [2.24, 2.45) is 0 Å². The molecule has 0 bridgehead atoms. The molecule has 1 amide bonds. The SMILES string of the molecule is O=C(NCc1cc(F)ccc1C(F)(F)F)c1cccc(Cn2cccn2)c1. The number of nitrogens with one attached hydrogen (secondary N) is 1. The minimum atomic E-state index is -4.63. The van der Waals surface area contributed by atoms with Gasteiger partial charge in [-0.1, -0.05) is 12.1 Å². The van der Waals surface area contributed by atoms with E-state index in [9.17, 15) is 22.4 Å². The fraction of sp³-hybridized carbons (Fsp3) is 0.158. The zero-order chi connectivity index (χ0) is 19.4. The van der Waals surface area contributed by atoms with Crippen LogP contribution in [0.5, 0.6) is 0 Å². The first kappa shape index (κ1) is 18.6. The molecule has 1 heterocycles. The lowest BCUT2D eigenvalue weighted by Gasteiger charge is -2.14. The number of carbonyl (C=O) groups is 1. The highest BCUT2D eigenvalue weighted by molar-refractivity contribution is 5.94. The van der Waals surface area contributed by atoms with Gasteiger partial charge in [-0.2, -0.15) is 18.3 Å². The van der Waals surface area contributed by atoms with Crippen LogP contribution in [0, 0.1) is 5.82 Å². The summed E-state index contributed by atoms with van der Waals surface area (Å²) in [5.41, 5.74) is -0.196. The molecule has 3 aromatic rings. The molecule has 0 aliphatic rings. The summed E-state index contributed by atoms with van der Waals surface area (Å²) in [5.74, 6) is -1.34. The van der Waals surface area contributed by atoms with Crippen LogP contribution in [-0.4, -0.2) is 15.7 Å². The zero-order valence-electron chi connectivity index (χ0n) is 14.0. The van der Waals surface area contributed by atoms with Gasteiger partial charge in [-0.3, -0.25) is 9.48 Å². The highest BCUT2D eigenvalue weighted by Gasteiger charge is 2.33. The Morgan fingerprint density at radius 1 is 1.11 bits per heavy atom. The second-order valence-electron chi connectivity index (χ2n) is 5.89. The van der Waals surface area contributed by atoms with E-state index in [1.54, 1.807) is 41.3 Å². The largest absolute Gasteiger partial charge is 0.416 e. The van der Waals surface area contributed by atoms with Gasteiger partial charge in [0, 0.05) is 24.5 Å². The molecule has 1 N–H and O–H groups in total. The lowest BCUT2D eigenvalue weighted by atomic mass is 10.1. The van der Waals surface area contributed by atoms with E-state index in [-0.39, 0.29) is 5.56 Å². The second kappa shape index (κ2) is 7.61. The molecule has 0 saturated carbocycles. The summed E-state index contributed by atoms with van der Waals surface area (Å²) < 4.78 is 54.1. The van der Waals surface area contributed by atoms with E-state index in [4.69, 9.17) is 0 Å². The molecule has 0 spiro atoms. The first-order chi connectivity index (χ1) is 12.8. The van der Waals surface area contributed by atoms with Gasteiger partial charge in [-0.25, -0.2) is 4.39 Å². The van der Waals surface area contributed by atoms with Crippen molar-refractivity contribution in [3.8, 4) is 0 Å². The van der Waals surface area contributed by atoms with Crippen LogP contribution in [-0.2, 0) is 19.3 Å². The van der Waals surface area contributed by atoms with Crippen LogP contribution in [0.2, 0.25) is 0 Å². The first-order valence-electron chi connectivity index (χ1n) is 8.03. The molecule has 1 aromatic heterocycles. The van der Waals surface area contributed by atoms with Gasteiger partial charge >= 0.3 is 6.18 Å². The van der Waals surface area contributed by atoms with Crippen molar-refractivity contribution in [3.63, 3.8) is 0 Å². The lowest BCUT2D eigenvalue weighted by Crippen LogP contribution is -2.24. The monoisotopic (exact) mass is 377 g/mol. The number of carbonyl (C=O) groups excluding carboxylic acids is 1. The Morgan fingerprint density at radius 2 is 1.93 bits per heavy atom. The number of hydrogen-bond acceptors (Lipinski definition) is 2. The summed E-state index contributed by atoms with van der Waals surface area (Å²) in [6, 6.07) is 10.6. The molecule has 2 aromatic carbocycles. The maximum atomic E-state index is 13.3. The average molecular weight is 377 g/mol. The third kappa shape index (κ3) is 4.72. The summed E-state index contributed by atoms with van der Waals surface area (Å²) in [7, 11) is 0. The number of benzene rings is 2. The molecule has 0 atom stereocenters. The Hall–Kier alpha value is -3.16. The van der Waals surface area contributed by atoms with Crippen molar-refractivity contribution in [1.29, 1.82) is 0 Å². The van der Waals surface area contributed by atoms with Crippen LogP contribution in [0.3, 0.4) is 0 Å². The van der Waals surface area contributed by atoms with Gasteiger partial charge < -0.3 is 5.32 Å². The number of hydrogen-bond donors (Lipinski definition) is 1. The van der Waals surface area contributed by atoms with Crippen LogP contribution in [0.15, 0.2) is 60.9 Å². The Morgan fingerprint density at radius 3 is 2.63 bits per heavy atom. The first-order valence-corrected chi connectivity index (χ1v) is 8.03. The molecule has 0 fully saturated rings. The normalized spacial score (nSPS) is 11.4. The minimum Gasteiger partial charge on any atom is -0.348 e. The van der Waals surface area contributed by atoms with E-state index in [1.165, 1.54) is 0 Å². The molecule has 8 heteroatoms.